The van der Waals surface area contributed by atoms with E-state index in [-0.39, 0.29) is 51.7 Å². The second kappa shape index (κ2) is 20.3. The Labute approximate surface area is 349 Å². The molecule has 2 heterocycles. The molecule has 20 heteroatoms. The minimum Gasteiger partial charge on any atom is -0.307 e. The van der Waals surface area contributed by atoms with Crippen molar-refractivity contribution in [3.05, 3.63) is 80.1 Å². The second-order valence-corrected chi connectivity index (χ2v) is 18.4. The monoisotopic (exact) mass is 880 g/mol. The highest BCUT2D eigenvalue weighted by molar-refractivity contribution is 7.90. The fourth-order valence-corrected chi connectivity index (χ4v) is 7.41. The number of aryl methyl sites for hydroxylation is 2. The van der Waals surface area contributed by atoms with Gasteiger partial charge in [-0.1, -0.05) is 78.6 Å². The highest BCUT2D eigenvalue weighted by atomic mass is 35.5. The maximum absolute atomic E-state index is 12.5. The van der Waals surface area contributed by atoms with Crippen LogP contribution in [0.25, 0.3) is 0 Å². The summed E-state index contributed by atoms with van der Waals surface area (Å²) < 4.78 is 51.0. The van der Waals surface area contributed by atoms with E-state index in [1.165, 1.54) is 32.6 Å². The van der Waals surface area contributed by atoms with Crippen LogP contribution in [-0.4, -0.2) is 60.1 Å². The van der Waals surface area contributed by atoms with Gasteiger partial charge in [0.25, 0.3) is 20.0 Å². The Balaban J connectivity index is 0.000000335. The van der Waals surface area contributed by atoms with Gasteiger partial charge in [-0.2, -0.15) is 23.6 Å². The summed E-state index contributed by atoms with van der Waals surface area (Å²) in [6.07, 6.45) is 1.63. The van der Waals surface area contributed by atoms with Crippen LogP contribution in [0, 0.1) is 0 Å². The van der Waals surface area contributed by atoms with Crippen molar-refractivity contribution in [3.8, 4) is 0 Å². The zero-order valence-corrected chi connectivity index (χ0v) is 37.6. The van der Waals surface area contributed by atoms with Gasteiger partial charge in [0, 0.05) is 55.8 Å². The van der Waals surface area contributed by atoms with Gasteiger partial charge in [0.15, 0.2) is 21.6 Å². The largest absolute Gasteiger partial charge is 0.333 e. The van der Waals surface area contributed by atoms with E-state index in [4.69, 9.17) is 28.3 Å². The average molecular weight is 882 g/mol. The molecule has 0 spiro atoms. The minimum absolute atomic E-state index is 0.0482. The number of isocyanates is 1. The number of anilines is 1. The molecule has 0 saturated carbocycles. The van der Waals surface area contributed by atoms with E-state index >= 15 is 0 Å². The molecule has 0 aliphatic heterocycles. The number of aromatic nitrogens is 4. The highest BCUT2D eigenvalue weighted by Gasteiger charge is 2.25. The molecular formula is C38H50Cl2N8O8S2. The molecule has 4 rings (SSSR count). The summed E-state index contributed by atoms with van der Waals surface area (Å²) in [5, 5.41) is 15.4. The van der Waals surface area contributed by atoms with Crippen molar-refractivity contribution in [1.29, 1.82) is 0 Å². The number of benzene rings is 2. The number of ketones is 2. The maximum atomic E-state index is 12.5. The van der Waals surface area contributed by atoms with E-state index in [1.54, 1.807) is 18.2 Å². The van der Waals surface area contributed by atoms with Crippen molar-refractivity contribution in [2.24, 2.45) is 24.2 Å². The molecule has 2 aromatic carbocycles. The lowest BCUT2D eigenvalue weighted by Crippen LogP contribution is -2.35. The van der Waals surface area contributed by atoms with Crippen molar-refractivity contribution >= 4 is 78.3 Å². The van der Waals surface area contributed by atoms with Crippen LogP contribution in [0.15, 0.2) is 51.4 Å². The van der Waals surface area contributed by atoms with Crippen molar-refractivity contribution in [2.45, 2.75) is 103 Å². The Morgan fingerprint density at radius 2 is 1.05 bits per heavy atom. The van der Waals surface area contributed by atoms with Crippen LogP contribution in [0.3, 0.4) is 0 Å². The summed E-state index contributed by atoms with van der Waals surface area (Å²) in [5.74, 6) is 0.0609. The SMILES string of the molecule is CC(=O)c1cc(S(=O)(=O)NC(=O)Nc2c(C(C)C)cc(Cl)cc2C(C)C)nn1C.CC(=O)c1cc(S(N)(=O)=O)nn1C.CC(C)c1cc(Cl)cc(C(C)C)c1N=C=O. The van der Waals surface area contributed by atoms with Crippen molar-refractivity contribution in [3.63, 3.8) is 0 Å². The van der Waals surface area contributed by atoms with Gasteiger partial charge >= 0.3 is 6.03 Å². The number of urea groups is 1. The van der Waals surface area contributed by atoms with Crippen molar-refractivity contribution in [2.75, 3.05) is 5.32 Å². The quantitative estimate of drug-likeness (QED) is 0.0749. The third-order valence-electron chi connectivity index (χ3n) is 8.41. The predicted molar refractivity (Wildman–Crippen MR) is 224 cm³/mol. The van der Waals surface area contributed by atoms with Crippen LogP contribution in [0.2, 0.25) is 10.0 Å². The number of amides is 2. The molecule has 2 amide bonds. The number of aliphatic imine (C=N–C) groups is 1. The molecule has 4 aromatic rings. The lowest BCUT2D eigenvalue weighted by atomic mass is 9.92. The number of rotatable bonds is 11. The number of nitrogens with one attached hydrogen (secondary N) is 2. The maximum Gasteiger partial charge on any atom is 0.333 e. The van der Waals surface area contributed by atoms with Gasteiger partial charge in [0.05, 0.1) is 5.69 Å². The molecule has 0 radical (unpaired) electrons. The number of primary sulfonamides is 1. The number of carbonyl (C=O) groups is 3. The van der Waals surface area contributed by atoms with E-state index < -0.39 is 31.1 Å². The normalized spacial score (nSPS) is 11.4. The molecule has 0 aliphatic carbocycles. The smallest absolute Gasteiger partial charge is 0.307 e. The topological polar surface area (TPSA) is 235 Å². The first-order chi connectivity index (χ1) is 26.6. The van der Waals surface area contributed by atoms with Gasteiger partial charge in [-0.3, -0.25) is 19.0 Å². The molecule has 0 bridgehead atoms. The number of halogens is 2. The first-order valence-corrected chi connectivity index (χ1v) is 21.6. The summed E-state index contributed by atoms with van der Waals surface area (Å²) in [5.41, 5.74) is 5.17. The lowest BCUT2D eigenvalue weighted by molar-refractivity contribution is 0.0996. The molecule has 0 aliphatic rings. The fraction of sp³-hybridized carbons (Fsp3) is 0.421. The van der Waals surface area contributed by atoms with Gasteiger partial charge in [-0.05, 0) is 70.2 Å². The molecule has 58 heavy (non-hydrogen) atoms. The molecule has 0 saturated heterocycles. The molecular weight excluding hydrogens is 832 g/mol. The predicted octanol–water partition coefficient (Wildman–Crippen LogP) is 7.86. The van der Waals surface area contributed by atoms with Crippen LogP contribution >= 0.6 is 23.2 Å². The van der Waals surface area contributed by atoms with E-state index in [0.717, 1.165) is 44.8 Å². The van der Waals surface area contributed by atoms with E-state index in [2.05, 4.69) is 48.2 Å². The number of Topliss-reactive ketones (excluding diaryl/α,β-unsaturated/α-hetero) is 2. The lowest BCUT2D eigenvalue weighted by Gasteiger charge is -2.21. The summed E-state index contributed by atoms with van der Waals surface area (Å²) in [6.45, 7) is 18.6. The molecule has 0 unspecified atom stereocenters. The van der Waals surface area contributed by atoms with E-state index in [1.807, 2.05) is 44.5 Å². The number of hydrogen-bond donors (Lipinski definition) is 3. The van der Waals surface area contributed by atoms with Crippen LogP contribution in [0.4, 0.5) is 16.2 Å². The molecule has 16 nitrogen and oxygen atoms in total. The van der Waals surface area contributed by atoms with E-state index in [0.29, 0.717) is 15.7 Å². The number of hydrogen-bond acceptors (Lipinski definition) is 11. The Morgan fingerprint density at radius 1 is 0.690 bits per heavy atom. The van der Waals surface area contributed by atoms with Gasteiger partial charge in [0.1, 0.15) is 11.4 Å². The van der Waals surface area contributed by atoms with Crippen LogP contribution in [0.1, 0.15) is 136 Å². The molecule has 4 N–H and O–H groups in total. The Kier molecular flexibility index (Phi) is 17.3. The number of nitrogens with zero attached hydrogens (tertiary/aromatic N) is 5. The standard InChI is InChI=1S/C19H25ClN4O4S.C13H16ClNO.C6H9N3O3S/c1-10(2)14-7-13(20)8-15(11(3)4)18(14)21-19(26)23-29(27,28)17-9-16(12(5)25)24(6)22-17;1-8(2)11-5-10(14)6-12(9(3)4)13(11)15-7-16;1-4(10)5-3-6(8-9(5)2)13(7,11)12/h7-11H,1-6H3,(H2,21,23,26);5-6,8-9H,1-4H3;3H,1-2H3,(H2,7,11,12). The second-order valence-electron chi connectivity index (χ2n) is 14.4. The zero-order chi connectivity index (χ0) is 44.6. The zero-order valence-electron chi connectivity index (χ0n) is 34.4. The fourth-order valence-electron chi connectivity index (χ4n) is 5.53. The number of sulfonamides is 2. The van der Waals surface area contributed by atoms with Gasteiger partial charge in [0.2, 0.25) is 6.08 Å². The first-order valence-electron chi connectivity index (χ1n) is 17.8. The number of nitrogens with two attached hydrogens (primary N) is 1. The summed E-state index contributed by atoms with van der Waals surface area (Å²) >= 11 is 12.3. The van der Waals surface area contributed by atoms with E-state index in [9.17, 15) is 36.0 Å². The molecule has 0 fully saturated rings. The third kappa shape index (κ3) is 13.2. The third-order valence-corrected chi connectivity index (χ3v) is 10.8. The summed E-state index contributed by atoms with van der Waals surface area (Å²) in [6, 6.07) is 8.59. The minimum atomic E-state index is -4.26. The molecule has 2 aromatic heterocycles. The van der Waals surface area contributed by atoms with Gasteiger partial charge < -0.3 is 5.32 Å². The molecule has 316 valence electrons. The Morgan fingerprint density at radius 3 is 1.36 bits per heavy atom. The first kappa shape index (κ1) is 49.4. The highest BCUT2D eigenvalue weighted by Crippen LogP contribution is 2.37. The van der Waals surface area contributed by atoms with Crippen LogP contribution in [0.5, 0.6) is 0 Å². The van der Waals surface area contributed by atoms with Crippen LogP contribution < -0.4 is 15.2 Å². The number of carbonyl (C=O) groups excluding carboxylic acids is 4. The summed E-state index contributed by atoms with van der Waals surface area (Å²) in [4.78, 5) is 49.3. The van der Waals surface area contributed by atoms with Crippen molar-refractivity contribution in [1.82, 2.24) is 24.3 Å². The van der Waals surface area contributed by atoms with Gasteiger partial charge in [-0.15, -0.1) is 0 Å². The van der Waals surface area contributed by atoms with Crippen LogP contribution in [-0.2, 0) is 38.9 Å². The average Bonchev–Trinajstić information content (AvgIpc) is 3.69. The molecule has 0 atom stereocenters. The Hall–Kier alpha value is -4.71. The Bertz CT molecular complexity index is 2390. The van der Waals surface area contributed by atoms with Crippen molar-refractivity contribution < 1.29 is 36.0 Å². The summed E-state index contributed by atoms with van der Waals surface area (Å²) in [7, 11) is -5.15. The van der Waals surface area contributed by atoms with Gasteiger partial charge in [-0.25, -0.2) is 27.9 Å².